The average molecular weight is 391 g/mol. The van der Waals surface area contributed by atoms with Gasteiger partial charge in [-0.3, -0.25) is 9.13 Å². The number of nitrogens with zero attached hydrogens (tertiary/aromatic N) is 5. The Morgan fingerprint density at radius 2 is 2.04 bits per heavy atom. The van der Waals surface area contributed by atoms with Gasteiger partial charge in [0.25, 0.3) is 0 Å². The molecule has 0 saturated heterocycles. The van der Waals surface area contributed by atoms with Crippen molar-refractivity contribution in [3.63, 3.8) is 0 Å². The number of aromatic nitrogens is 5. The van der Waals surface area contributed by atoms with E-state index >= 15 is 0 Å². The van der Waals surface area contributed by atoms with Gasteiger partial charge in [0, 0.05) is 29.9 Å². The zero-order chi connectivity index (χ0) is 19.2. The van der Waals surface area contributed by atoms with Crippen LogP contribution in [0.5, 0.6) is 0 Å². The second-order valence-corrected chi connectivity index (χ2v) is 6.95. The van der Waals surface area contributed by atoms with E-state index in [1.807, 2.05) is 0 Å². The van der Waals surface area contributed by atoms with Crippen molar-refractivity contribution in [1.82, 2.24) is 24.3 Å². The normalized spacial score (nSPS) is 12.0. The van der Waals surface area contributed by atoms with Crippen LogP contribution in [0.2, 0.25) is 0 Å². The third-order valence-electron chi connectivity index (χ3n) is 4.09. The number of pyridine rings is 1. The first-order valence-corrected chi connectivity index (χ1v) is 8.65. The van der Waals surface area contributed by atoms with Crippen LogP contribution in [0.15, 0.2) is 47.5 Å². The highest BCUT2D eigenvalue weighted by Crippen LogP contribution is 2.38. The fourth-order valence-corrected chi connectivity index (χ4v) is 3.64. The molecule has 0 N–H and O–H groups in total. The van der Waals surface area contributed by atoms with E-state index in [0.717, 1.165) is 6.07 Å². The van der Waals surface area contributed by atoms with Crippen molar-refractivity contribution in [2.24, 2.45) is 7.05 Å². The minimum Gasteiger partial charge on any atom is -0.284 e. The monoisotopic (exact) mass is 391 g/mol. The molecule has 10 heteroatoms. The largest absolute Gasteiger partial charge is 0.425 e. The van der Waals surface area contributed by atoms with Gasteiger partial charge in [0.1, 0.15) is 4.88 Å². The Hall–Kier alpha value is -3.01. The van der Waals surface area contributed by atoms with E-state index in [0.29, 0.717) is 38.6 Å². The number of halogens is 3. The van der Waals surface area contributed by atoms with Crippen molar-refractivity contribution in [2.45, 2.75) is 12.7 Å². The summed E-state index contributed by atoms with van der Waals surface area (Å²) < 4.78 is 41.5. The van der Waals surface area contributed by atoms with Gasteiger partial charge in [0.15, 0.2) is 5.65 Å². The van der Waals surface area contributed by atoms with Crippen LogP contribution in [-0.4, -0.2) is 24.3 Å². The number of alkyl halides is 3. The minimum atomic E-state index is -4.39. The summed E-state index contributed by atoms with van der Waals surface area (Å²) in [6.07, 6.45) is -1.38. The van der Waals surface area contributed by atoms with Crippen molar-refractivity contribution < 1.29 is 13.2 Å². The van der Waals surface area contributed by atoms with E-state index in [2.05, 4.69) is 15.2 Å². The lowest BCUT2D eigenvalue weighted by atomic mass is 10.2. The van der Waals surface area contributed by atoms with Gasteiger partial charge in [0.05, 0.1) is 17.8 Å². The summed E-state index contributed by atoms with van der Waals surface area (Å²) in [5, 5.41) is 7.78. The van der Waals surface area contributed by atoms with Crippen LogP contribution >= 0.6 is 11.3 Å². The van der Waals surface area contributed by atoms with Gasteiger partial charge >= 0.3 is 11.9 Å². The van der Waals surface area contributed by atoms with Gasteiger partial charge in [-0.25, -0.2) is 9.78 Å². The molecule has 0 spiro atoms. The van der Waals surface area contributed by atoms with Crippen LogP contribution in [0.3, 0.4) is 0 Å². The van der Waals surface area contributed by atoms with Gasteiger partial charge in [-0.1, -0.05) is 0 Å². The van der Waals surface area contributed by atoms with Crippen LogP contribution < -0.4 is 5.69 Å². The molecule has 0 unspecified atom stereocenters. The maximum Gasteiger partial charge on any atom is 0.425 e. The molecule has 0 atom stereocenters. The molecular weight excluding hydrogens is 379 g/mol. The summed E-state index contributed by atoms with van der Waals surface area (Å²) in [4.78, 5) is 16.6. The third-order valence-corrected chi connectivity index (χ3v) is 5.27. The van der Waals surface area contributed by atoms with Crippen molar-refractivity contribution >= 4 is 22.5 Å². The number of hydrogen-bond acceptors (Lipinski definition) is 5. The molecule has 0 amide bonds. The number of imidazole rings is 1. The highest BCUT2D eigenvalue weighted by atomic mass is 32.1. The van der Waals surface area contributed by atoms with Gasteiger partial charge in [0.2, 0.25) is 0 Å². The first kappa shape index (κ1) is 17.4. The maximum atomic E-state index is 12.9. The van der Waals surface area contributed by atoms with Crippen LogP contribution in [-0.2, 0) is 19.8 Å². The molecule has 0 aromatic carbocycles. The Morgan fingerprint density at radius 3 is 2.70 bits per heavy atom. The molecule has 0 fully saturated rings. The molecule has 138 valence electrons. The third kappa shape index (κ3) is 3.12. The highest BCUT2D eigenvalue weighted by molar-refractivity contribution is 7.15. The molecule has 4 heterocycles. The number of thiophene rings is 1. The summed E-state index contributed by atoms with van der Waals surface area (Å²) in [7, 11) is 1.59. The molecule has 0 aliphatic rings. The average Bonchev–Trinajstić information content (AvgIpc) is 3.23. The molecule has 6 nitrogen and oxygen atoms in total. The summed E-state index contributed by atoms with van der Waals surface area (Å²) >= 11 is 0.641. The lowest BCUT2D eigenvalue weighted by Gasteiger charge is -2.04. The van der Waals surface area contributed by atoms with Gasteiger partial charge in [-0.15, -0.1) is 11.3 Å². The fraction of sp³-hybridized carbons (Fsp3) is 0.176. The molecule has 0 aliphatic carbocycles. The molecule has 4 aromatic heterocycles. The summed E-state index contributed by atoms with van der Waals surface area (Å²) in [5.41, 5.74) is 1.78. The van der Waals surface area contributed by atoms with E-state index in [1.54, 1.807) is 25.2 Å². The maximum absolute atomic E-state index is 12.9. The number of rotatable bonds is 3. The summed E-state index contributed by atoms with van der Waals surface area (Å²) in [6.45, 7) is 0.188. The Kier molecular flexibility index (Phi) is 4.06. The first-order chi connectivity index (χ1) is 12.8. The smallest absolute Gasteiger partial charge is 0.284 e. The lowest BCUT2D eigenvalue weighted by Crippen LogP contribution is -2.23. The molecule has 4 aromatic rings. The van der Waals surface area contributed by atoms with Crippen molar-refractivity contribution in [3.05, 3.63) is 63.8 Å². The van der Waals surface area contributed by atoms with Crippen molar-refractivity contribution in [3.8, 4) is 10.4 Å². The number of hydrogen-bond donors (Lipinski definition) is 0. The summed E-state index contributed by atoms with van der Waals surface area (Å²) in [6, 6.07) is 7.58. The van der Waals surface area contributed by atoms with E-state index in [9.17, 15) is 18.0 Å². The van der Waals surface area contributed by atoms with Gasteiger partial charge in [-0.05, 0) is 30.3 Å². The second-order valence-electron chi connectivity index (χ2n) is 5.87. The lowest BCUT2D eigenvalue weighted by molar-refractivity contribution is -0.134. The van der Waals surface area contributed by atoms with Crippen LogP contribution in [0.1, 0.15) is 10.6 Å². The minimum absolute atomic E-state index is 0.188. The SMILES string of the molecule is Cn1c(=O)n(Cc2cccnn2)c2cc(-c3ccc(C(F)(F)F)s3)cnc21. The van der Waals surface area contributed by atoms with Crippen LogP contribution in [0.25, 0.3) is 21.6 Å². The van der Waals surface area contributed by atoms with Crippen LogP contribution in [0, 0.1) is 0 Å². The molecule has 4 rings (SSSR count). The molecular formula is C17H12F3N5OS. The molecule has 0 saturated carbocycles. The van der Waals surface area contributed by atoms with Crippen molar-refractivity contribution in [1.29, 1.82) is 0 Å². The Balaban J connectivity index is 1.83. The highest BCUT2D eigenvalue weighted by Gasteiger charge is 2.32. The quantitative estimate of drug-likeness (QED) is 0.537. The number of fused-ring (bicyclic) bond motifs is 1. The molecule has 0 aliphatic heterocycles. The van der Waals surface area contributed by atoms with Crippen LogP contribution in [0.4, 0.5) is 13.2 Å². The Labute approximate surface area is 154 Å². The molecule has 0 radical (unpaired) electrons. The van der Waals surface area contributed by atoms with Gasteiger partial charge in [-0.2, -0.15) is 23.4 Å². The van der Waals surface area contributed by atoms with E-state index in [-0.39, 0.29) is 12.2 Å². The zero-order valence-corrected chi connectivity index (χ0v) is 14.8. The zero-order valence-electron chi connectivity index (χ0n) is 13.9. The fourth-order valence-electron chi connectivity index (χ4n) is 2.79. The summed E-state index contributed by atoms with van der Waals surface area (Å²) in [5.74, 6) is 0. The van der Waals surface area contributed by atoms with E-state index in [4.69, 9.17) is 0 Å². The number of aryl methyl sites for hydroxylation is 1. The predicted molar refractivity (Wildman–Crippen MR) is 94.4 cm³/mol. The second kappa shape index (κ2) is 6.31. The van der Waals surface area contributed by atoms with E-state index in [1.165, 1.54) is 27.6 Å². The van der Waals surface area contributed by atoms with Gasteiger partial charge < -0.3 is 0 Å². The molecule has 27 heavy (non-hydrogen) atoms. The molecule has 0 bridgehead atoms. The topological polar surface area (TPSA) is 65.6 Å². The Bertz CT molecular complexity index is 1180. The standard InChI is InChI=1S/C17H12F3N5OS/c1-24-15-12(25(16(24)26)9-11-3-2-6-22-23-11)7-10(8-21-15)13-4-5-14(27-13)17(18,19)20/h2-8H,9H2,1H3. The van der Waals surface area contributed by atoms with Crippen molar-refractivity contribution in [2.75, 3.05) is 0 Å². The first-order valence-electron chi connectivity index (χ1n) is 7.84. The Morgan fingerprint density at radius 1 is 1.22 bits per heavy atom. The predicted octanol–water partition coefficient (Wildman–Crippen LogP) is 3.32. The van der Waals surface area contributed by atoms with E-state index < -0.39 is 11.1 Å².